The van der Waals surface area contributed by atoms with Crippen molar-refractivity contribution in [2.75, 3.05) is 7.11 Å². The van der Waals surface area contributed by atoms with Gasteiger partial charge in [-0.15, -0.1) is 11.3 Å². The topological polar surface area (TPSA) is 33.0 Å². The van der Waals surface area contributed by atoms with Crippen LogP contribution in [0.25, 0.3) is 0 Å². The number of rotatable bonds is 4. The summed E-state index contributed by atoms with van der Waals surface area (Å²) in [5, 5.41) is 9.27. The highest BCUT2D eigenvalue weighted by molar-refractivity contribution is 7.12. The van der Waals surface area contributed by atoms with Gasteiger partial charge in [-0.05, 0) is 43.7 Å². The third-order valence-electron chi connectivity index (χ3n) is 3.25. The molecule has 2 rings (SSSR count). The van der Waals surface area contributed by atoms with Crippen LogP contribution in [0.4, 0.5) is 0 Å². The Kier molecular flexibility index (Phi) is 4.24. The summed E-state index contributed by atoms with van der Waals surface area (Å²) in [4.78, 5) is 2.52. The van der Waals surface area contributed by atoms with E-state index in [1.54, 1.807) is 18.4 Å². The van der Waals surface area contributed by atoms with Crippen LogP contribution in [-0.2, 0) is 0 Å². The van der Waals surface area contributed by atoms with Crippen LogP contribution in [0.1, 0.15) is 28.2 Å². The van der Waals surface area contributed by atoms with E-state index in [1.165, 1.54) is 9.75 Å². The molecule has 0 aliphatic heterocycles. The van der Waals surface area contributed by atoms with Gasteiger partial charge in [0, 0.05) is 15.7 Å². The summed E-state index contributed by atoms with van der Waals surface area (Å²) in [5.74, 6) is 0.926. The maximum Gasteiger partial charge on any atom is 0.118 e. The fourth-order valence-corrected chi connectivity index (χ4v) is 3.32. The molecule has 98 valence electrons. The summed E-state index contributed by atoms with van der Waals surface area (Å²) >= 11 is 1.76. The van der Waals surface area contributed by atoms with E-state index < -0.39 is 0 Å². The zero-order valence-corrected chi connectivity index (χ0v) is 12.2. The number of benzene rings is 1. The van der Waals surface area contributed by atoms with Crippen LogP contribution in [-0.4, -0.2) is 7.11 Å². The first-order chi connectivity index (χ1) is 9.15. The molecule has 1 heterocycles. The fraction of sp³-hybridized carbons (Fsp3) is 0.312. The number of thiophene rings is 1. The molecule has 2 aromatic rings. The largest absolute Gasteiger partial charge is 0.497 e. The highest BCUT2D eigenvalue weighted by atomic mass is 32.1. The Hall–Kier alpha value is -1.79. The summed E-state index contributed by atoms with van der Waals surface area (Å²) in [6.07, 6.45) is 0. The zero-order valence-electron chi connectivity index (χ0n) is 11.4. The number of nitrogens with zero attached hydrogens (tertiary/aromatic N) is 1. The van der Waals surface area contributed by atoms with Gasteiger partial charge in [0.2, 0.25) is 0 Å². The molecule has 0 aliphatic carbocycles. The van der Waals surface area contributed by atoms with Gasteiger partial charge in [0.15, 0.2) is 0 Å². The molecule has 0 amide bonds. The molecule has 0 bridgehead atoms. The van der Waals surface area contributed by atoms with Gasteiger partial charge in [0.25, 0.3) is 0 Å². The van der Waals surface area contributed by atoms with Crippen LogP contribution in [0, 0.1) is 24.2 Å². The lowest BCUT2D eigenvalue weighted by atomic mass is 9.87. The maximum absolute atomic E-state index is 9.27. The molecule has 0 saturated carbocycles. The lowest BCUT2D eigenvalue weighted by Crippen LogP contribution is -2.08. The molecule has 0 fully saturated rings. The van der Waals surface area contributed by atoms with Gasteiger partial charge in [-0.3, -0.25) is 0 Å². The maximum atomic E-state index is 9.27. The molecule has 3 heteroatoms. The molecule has 2 nitrogen and oxygen atoms in total. The van der Waals surface area contributed by atoms with Crippen LogP contribution in [0.15, 0.2) is 36.4 Å². The lowest BCUT2D eigenvalue weighted by molar-refractivity contribution is 0.414. The highest BCUT2D eigenvalue weighted by Gasteiger charge is 2.22. The summed E-state index contributed by atoms with van der Waals surface area (Å²) in [6.45, 7) is 4.07. The van der Waals surface area contributed by atoms with Crippen molar-refractivity contribution in [1.82, 2.24) is 0 Å². The summed E-state index contributed by atoms with van der Waals surface area (Å²) in [5.41, 5.74) is 1.16. The normalized spacial score (nSPS) is 13.6. The van der Waals surface area contributed by atoms with Crippen LogP contribution >= 0.6 is 11.3 Å². The summed E-state index contributed by atoms with van der Waals surface area (Å²) in [6, 6.07) is 14.6. The molecule has 1 aromatic carbocycles. The van der Waals surface area contributed by atoms with Crippen molar-refractivity contribution in [3.05, 3.63) is 51.7 Å². The fourth-order valence-electron chi connectivity index (χ4n) is 2.21. The number of hydrogen-bond acceptors (Lipinski definition) is 3. The Morgan fingerprint density at radius 2 is 1.84 bits per heavy atom. The number of hydrogen-bond donors (Lipinski definition) is 0. The van der Waals surface area contributed by atoms with Gasteiger partial charge < -0.3 is 4.74 Å². The average molecular weight is 271 g/mol. The predicted octanol–water partition coefficient (Wildman–Crippen LogP) is 4.36. The van der Waals surface area contributed by atoms with Gasteiger partial charge >= 0.3 is 0 Å². The second-order valence-electron chi connectivity index (χ2n) is 4.62. The molecule has 0 aliphatic rings. The molecule has 1 aromatic heterocycles. The van der Waals surface area contributed by atoms with E-state index in [-0.39, 0.29) is 11.8 Å². The minimum absolute atomic E-state index is 0.0496. The first-order valence-corrected chi connectivity index (χ1v) is 7.07. The molecule has 0 radical (unpaired) electrons. The van der Waals surface area contributed by atoms with Crippen molar-refractivity contribution >= 4 is 11.3 Å². The Morgan fingerprint density at radius 1 is 1.16 bits per heavy atom. The number of ether oxygens (including phenoxy) is 1. The second-order valence-corrected chi connectivity index (χ2v) is 5.94. The minimum atomic E-state index is -0.0496. The van der Waals surface area contributed by atoms with E-state index in [0.717, 1.165) is 11.3 Å². The third kappa shape index (κ3) is 2.97. The van der Waals surface area contributed by atoms with Gasteiger partial charge in [-0.25, -0.2) is 0 Å². The molecule has 0 saturated heterocycles. The van der Waals surface area contributed by atoms with Crippen molar-refractivity contribution in [3.8, 4) is 11.8 Å². The standard InChI is InChI=1S/C16H17NOS/c1-11(10-17)16(15-9-4-12(2)19-15)13-5-7-14(18-3)8-6-13/h4-9,11,16H,1-3H3/t11-,16+/m0/s1. The minimum Gasteiger partial charge on any atom is -0.497 e. The Morgan fingerprint density at radius 3 is 2.32 bits per heavy atom. The molecular weight excluding hydrogens is 254 g/mol. The highest BCUT2D eigenvalue weighted by Crippen LogP contribution is 2.36. The van der Waals surface area contributed by atoms with Gasteiger partial charge in [-0.1, -0.05) is 12.1 Å². The van der Waals surface area contributed by atoms with E-state index in [2.05, 4.69) is 25.1 Å². The molecule has 2 atom stereocenters. The van der Waals surface area contributed by atoms with Crippen LogP contribution in [0.2, 0.25) is 0 Å². The van der Waals surface area contributed by atoms with Crippen molar-refractivity contribution in [2.24, 2.45) is 5.92 Å². The van der Waals surface area contributed by atoms with E-state index in [9.17, 15) is 5.26 Å². The number of methoxy groups -OCH3 is 1. The molecule has 0 spiro atoms. The third-order valence-corrected chi connectivity index (χ3v) is 4.33. The zero-order chi connectivity index (χ0) is 13.8. The number of nitriles is 1. The first-order valence-electron chi connectivity index (χ1n) is 6.25. The number of aryl methyl sites for hydroxylation is 1. The molecular formula is C16H17NOS. The summed E-state index contributed by atoms with van der Waals surface area (Å²) in [7, 11) is 1.66. The van der Waals surface area contributed by atoms with Gasteiger partial charge in [-0.2, -0.15) is 5.26 Å². The molecule has 0 N–H and O–H groups in total. The second kappa shape index (κ2) is 5.90. The summed E-state index contributed by atoms with van der Waals surface area (Å²) < 4.78 is 5.18. The van der Waals surface area contributed by atoms with Gasteiger partial charge in [0.05, 0.1) is 19.1 Å². The van der Waals surface area contributed by atoms with E-state index >= 15 is 0 Å². The van der Waals surface area contributed by atoms with Gasteiger partial charge in [0.1, 0.15) is 5.75 Å². The first kappa shape index (κ1) is 13.6. The monoisotopic (exact) mass is 271 g/mol. The molecule has 0 unspecified atom stereocenters. The van der Waals surface area contributed by atoms with Crippen molar-refractivity contribution in [3.63, 3.8) is 0 Å². The van der Waals surface area contributed by atoms with E-state index in [4.69, 9.17) is 4.74 Å². The van der Waals surface area contributed by atoms with Crippen molar-refractivity contribution in [2.45, 2.75) is 19.8 Å². The average Bonchev–Trinajstić information content (AvgIpc) is 2.86. The lowest BCUT2D eigenvalue weighted by Gasteiger charge is -2.18. The quantitative estimate of drug-likeness (QED) is 0.828. The molecule has 19 heavy (non-hydrogen) atoms. The predicted molar refractivity (Wildman–Crippen MR) is 78.7 cm³/mol. The Labute approximate surface area is 118 Å². The Bertz CT molecular complexity index is 580. The Balaban J connectivity index is 2.40. The van der Waals surface area contributed by atoms with Crippen LogP contribution in [0.3, 0.4) is 0 Å². The SMILES string of the molecule is COc1ccc([C@H](c2ccc(C)s2)[C@@H](C)C#N)cc1. The van der Waals surface area contributed by atoms with Crippen molar-refractivity contribution in [1.29, 1.82) is 5.26 Å². The van der Waals surface area contributed by atoms with E-state index in [0.29, 0.717) is 0 Å². The smallest absolute Gasteiger partial charge is 0.118 e. The van der Waals surface area contributed by atoms with E-state index in [1.807, 2.05) is 31.2 Å². The van der Waals surface area contributed by atoms with Crippen molar-refractivity contribution < 1.29 is 4.74 Å². The van der Waals surface area contributed by atoms with Crippen LogP contribution < -0.4 is 4.74 Å². The van der Waals surface area contributed by atoms with Crippen LogP contribution in [0.5, 0.6) is 5.75 Å².